The molecule has 1 aromatic rings. The number of hydrogen-bond acceptors (Lipinski definition) is 3. The largest absolute Gasteiger partial charge is 0.501 e. The van der Waals surface area contributed by atoms with E-state index in [2.05, 4.69) is 12.2 Å². The zero-order valence-electron chi connectivity index (χ0n) is 9.74. The summed E-state index contributed by atoms with van der Waals surface area (Å²) in [6.07, 6.45) is 8.77. The van der Waals surface area contributed by atoms with Crippen LogP contribution in [0.1, 0.15) is 37.8 Å². The van der Waals surface area contributed by atoms with Gasteiger partial charge in [-0.25, -0.2) is 0 Å². The van der Waals surface area contributed by atoms with Gasteiger partial charge in [0.15, 0.2) is 0 Å². The second kappa shape index (κ2) is 5.75. The fraction of sp³-hybridized carbons (Fsp3) is 0.538. The van der Waals surface area contributed by atoms with E-state index >= 15 is 0 Å². The van der Waals surface area contributed by atoms with Crippen LogP contribution in [0.2, 0.25) is 0 Å². The summed E-state index contributed by atoms with van der Waals surface area (Å²) in [7, 11) is 0. The van der Waals surface area contributed by atoms with E-state index in [1.54, 1.807) is 6.26 Å². The molecule has 2 heterocycles. The second-order valence-electron chi connectivity index (χ2n) is 4.11. The minimum absolute atomic E-state index is 0.249. The molecule has 3 heteroatoms. The normalized spacial score (nSPS) is 17.7. The average molecular weight is 221 g/mol. The first kappa shape index (κ1) is 11.3. The standard InChI is InChI=1S/C13H19NO2/c1-2-6-14-13(12-5-8-16-10-12)11-4-3-7-15-9-11/h5,8-10,13-14H,2-4,6-7H2,1H3. The van der Waals surface area contributed by atoms with Crippen molar-refractivity contribution in [3.8, 4) is 0 Å². The van der Waals surface area contributed by atoms with Gasteiger partial charge in [-0.15, -0.1) is 0 Å². The van der Waals surface area contributed by atoms with Crippen molar-refractivity contribution in [2.24, 2.45) is 0 Å². The molecule has 3 nitrogen and oxygen atoms in total. The average Bonchev–Trinajstić information content (AvgIpc) is 2.85. The van der Waals surface area contributed by atoms with Gasteiger partial charge in [-0.05, 0) is 37.4 Å². The Kier molecular flexibility index (Phi) is 4.05. The minimum atomic E-state index is 0.249. The highest BCUT2D eigenvalue weighted by atomic mass is 16.5. The Hall–Kier alpha value is -1.22. The molecule has 0 spiro atoms. The van der Waals surface area contributed by atoms with E-state index in [1.807, 2.05) is 18.6 Å². The number of hydrogen-bond donors (Lipinski definition) is 1. The van der Waals surface area contributed by atoms with Crippen LogP contribution in [0.25, 0.3) is 0 Å². The first-order valence-corrected chi connectivity index (χ1v) is 5.98. The maximum Gasteiger partial charge on any atom is 0.0953 e. The lowest BCUT2D eigenvalue weighted by Gasteiger charge is -2.23. The summed E-state index contributed by atoms with van der Waals surface area (Å²) in [5.74, 6) is 0. The molecule has 0 fully saturated rings. The van der Waals surface area contributed by atoms with Gasteiger partial charge in [0.05, 0.1) is 31.4 Å². The van der Waals surface area contributed by atoms with Gasteiger partial charge >= 0.3 is 0 Å². The van der Waals surface area contributed by atoms with E-state index in [9.17, 15) is 0 Å². The van der Waals surface area contributed by atoms with Gasteiger partial charge in [-0.3, -0.25) is 0 Å². The molecule has 1 aliphatic rings. The highest BCUT2D eigenvalue weighted by Gasteiger charge is 2.19. The first-order valence-electron chi connectivity index (χ1n) is 5.98. The predicted molar refractivity (Wildman–Crippen MR) is 63.0 cm³/mol. The lowest BCUT2D eigenvalue weighted by atomic mass is 9.97. The summed E-state index contributed by atoms with van der Waals surface area (Å²) in [4.78, 5) is 0. The van der Waals surface area contributed by atoms with Crippen molar-refractivity contribution in [1.82, 2.24) is 5.32 Å². The molecule has 0 radical (unpaired) electrons. The van der Waals surface area contributed by atoms with E-state index in [0.29, 0.717) is 0 Å². The van der Waals surface area contributed by atoms with Crippen LogP contribution in [-0.4, -0.2) is 13.2 Å². The molecular weight excluding hydrogens is 202 g/mol. The SMILES string of the molecule is CCCNC(C1=COCCC1)c1ccoc1. The zero-order chi connectivity index (χ0) is 11.2. The van der Waals surface area contributed by atoms with Crippen molar-refractivity contribution in [1.29, 1.82) is 0 Å². The second-order valence-corrected chi connectivity index (χ2v) is 4.11. The molecule has 88 valence electrons. The van der Waals surface area contributed by atoms with Crippen molar-refractivity contribution in [2.75, 3.05) is 13.2 Å². The van der Waals surface area contributed by atoms with Crippen molar-refractivity contribution in [2.45, 2.75) is 32.2 Å². The van der Waals surface area contributed by atoms with Gasteiger partial charge in [0.25, 0.3) is 0 Å². The number of ether oxygens (including phenoxy) is 1. The van der Waals surface area contributed by atoms with Crippen LogP contribution in [0, 0.1) is 0 Å². The molecule has 0 saturated carbocycles. The van der Waals surface area contributed by atoms with Crippen LogP contribution in [0.4, 0.5) is 0 Å². The third-order valence-electron chi connectivity index (χ3n) is 2.81. The Morgan fingerprint density at radius 1 is 1.50 bits per heavy atom. The summed E-state index contributed by atoms with van der Waals surface area (Å²) < 4.78 is 10.6. The van der Waals surface area contributed by atoms with Crippen LogP contribution in [0.3, 0.4) is 0 Å². The van der Waals surface area contributed by atoms with Gasteiger partial charge in [-0.1, -0.05) is 6.92 Å². The Labute approximate surface area is 96.5 Å². The highest BCUT2D eigenvalue weighted by Crippen LogP contribution is 2.27. The lowest BCUT2D eigenvalue weighted by Crippen LogP contribution is -2.24. The van der Waals surface area contributed by atoms with E-state index < -0.39 is 0 Å². The maximum atomic E-state index is 5.41. The molecule has 1 N–H and O–H groups in total. The van der Waals surface area contributed by atoms with Crippen molar-refractivity contribution in [3.05, 3.63) is 36.0 Å². The Bertz CT molecular complexity index is 330. The van der Waals surface area contributed by atoms with E-state index in [0.717, 1.165) is 32.4 Å². The molecular formula is C13H19NO2. The van der Waals surface area contributed by atoms with E-state index in [1.165, 1.54) is 11.1 Å². The molecule has 16 heavy (non-hydrogen) atoms. The third-order valence-corrected chi connectivity index (χ3v) is 2.81. The topological polar surface area (TPSA) is 34.4 Å². The minimum Gasteiger partial charge on any atom is -0.501 e. The summed E-state index contributed by atoms with van der Waals surface area (Å²) in [6, 6.07) is 2.27. The maximum absolute atomic E-state index is 5.41. The smallest absolute Gasteiger partial charge is 0.0953 e. The van der Waals surface area contributed by atoms with Crippen molar-refractivity contribution < 1.29 is 9.15 Å². The van der Waals surface area contributed by atoms with Crippen LogP contribution in [0.15, 0.2) is 34.8 Å². The van der Waals surface area contributed by atoms with E-state index in [-0.39, 0.29) is 6.04 Å². The summed E-state index contributed by atoms with van der Waals surface area (Å²) >= 11 is 0. The van der Waals surface area contributed by atoms with Crippen LogP contribution < -0.4 is 5.32 Å². The van der Waals surface area contributed by atoms with E-state index in [4.69, 9.17) is 9.15 Å². The Balaban J connectivity index is 2.10. The van der Waals surface area contributed by atoms with Crippen LogP contribution in [0.5, 0.6) is 0 Å². The summed E-state index contributed by atoms with van der Waals surface area (Å²) in [5, 5.41) is 3.53. The quantitative estimate of drug-likeness (QED) is 0.830. The van der Waals surface area contributed by atoms with Crippen molar-refractivity contribution >= 4 is 0 Å². The Morgan fingerprint density at radius 2 is 2.44 bits per heavy atom. The van der Waals surface area contributed by atoms with Crippen LogP contribution >= 0.6 is 0 Å². The molecule has 0 bridgehead atoms. The number of nitrogens with one attached hydrogen (secondary N) is 1. The highest BCUT2D eigenvalue weighted by molar-refractivity contribution is 5.24. The predicted octanol–water partition coefficient (Wildman–Crippen LogP) is 3.01. The fourth-order valence-electron chi connectivity index (χ4n) is 1.99. The molecule has 0 aliphatic carbocycles. The molecule has 1 aliphatic heterocycles. The molecule has 1 unspecified atom stereocenters. The monoisotopic (exact) mass is 221 g/mol. The van der Waals surface area contributed by atoms with Gasteiger partial charge in [0.2, 0.25) is 0 Å². The number of furan rings is 1. The van der Waals surface area contributed by atoms with Gasteiger partial charge in [0.1, 0.15) is 0 Å². The van der Waals surface area contributed by atoms with Gasteiger partial charge in [-0.2, -0.15) is 0 Å². The fourth-order valence-corrected chi connectivity index (χ4v) is 1.99. The molecule has 2 rings (SSSR count). The number of rotatable bonds is 5. The van der Waals surface area contributed by atoms with Crippen LogP contribution in [-0.2, 0) is 4.74 Å². The van der Waals surface area contributed by atoms with Crippen molar-refractivity contribution in [3.63, 3.8) is 0 Å². The first-order chi connectivity index (χ1) is 7.92. The zero-order valence-corrected chi connectivity index (χ0v) is 9.74. The lowest BCUT2D eigenvalue weighted by molar-refractivity contribution is 0.219. The molecule has 1 atom stereocenters. The third kappa shape index (κ3) is 2.67. The summed E-state index contributed by atoms with van der Waals surface area (Å²) in [6.45, 7) is 4.02. The Morgan fingerprint density at radius 3 is 3.06 bits per heavy atom. The van der Waals surface area contributed by atoms with Gasteiger partial charge < -0.3 is 14.5 Å². The molecule has 0 amide bonds. The molecule has 1 aromatic heterocycles. The molecule has 0 saturated heterocycles. The molecule has 0 aromatic carbocycles. The summed E-state index contributed by atoms with van der Waals surface area (Å²) in [5.41, 5.74) is 2.51. The van der Waals surface area contributed by atoms with Gasteiger partial charge in [0, 0.05) is 5.56 Å².